The fourth-order valence-electron chi connectivity index (χ4n) is 2.22. The van der Waals surface area contributed by atoms with Crippen molar-refractivity contribution in [2.45, 2.75) is 10.9 Å². The second-order valence-electron chi connectivity index (χ2n) is 4.77. The second kappa shape index (κ2) is 6.33. The first-order valence-electron chi connectivity index (χ1n) is 6.81. The van der Waals surface area contributed by atoms with Crippen molar-refractivity contribution in [3.63, 3.8) is 0 Å². The van der Waals surface area contributed by atoms with Crippen LogP contribution in [0, 0.1) is 5.82 Å². The summed E-state index contributed by atoms with van der Waals surface area (Å²) < 4.78 is 19.5. The summed E-state index contributed by atoms with van der Waals surface area (Å²) in [5.41, 5.74) is 0.878. The van der Waals surface area contributed by atoms with Gasteiger partial charge in [0.25, 0.3) is 0 Å². The van der Waals surface area contributed by atoms with Gasteiger partial charge in [0.05, 0.1) is 6.04 Å². The van der Waals surface area contributed by atoms with E-state index < -0.39 is 0 Å². The van der Waals surface area contributed by atoms with Crippen molar-refractivity contribution in [2.75, 3.05) is 12.8 Å². The molecule has 0 aliphatic heterocycles. The molecule has 1 atom stereocenters. The number of hydrogen-bond donors (Lipinski definition) is 1. The number of halogens is 1. The van der Waals surface area contributed by atoms with Crippen LogP contribution in [0.1, 0.15) is 11.8 Å². The first-order chi connectivity index (χ1) is 10.3. The zero-order valence-electron chi connectivity index (χ0n) is 11.7. The minimum atomic E-state index is -0.179. The smallest absolute Gasteiger partial charge is 0.136 e. The summed E-state index contributed by atoms with van der Waals surface area (Å²) in [6, 6.07) is 16.8. The van der Waals surface area contributed by atoms with Gasteiger partial charge in [-0.25, -0.2) is 4.39 Å². The highest BCUT2D eigenvalue weighted by atomic mass is 32.2. The minimum Gasteiger partial charge on any atom is -0.459 e. The van der Waals surface area contributed by atoms with Crippen molar-refractivity contribution in [3.05, 3.63) is 66.2 Å². The van der Waals surface area contributed by atoms with E-state index in [9.17, 15) is 4.39 Å². The Bertz CT molecular complexity index is 707. The summed E-state index contributed by atoms with van der Waals surface area (Å²) in [5.74, 6) is 1.40. The molecule has 2 aromatic carbocycles. The molecule has 4 heteroatoms. The molecule has 3 rings (SSSR count). The lowest BCUT2D eigenvalue weighted by Gasteiger charge is -2.13. The van der Waals surface area contributed by atoms with Crippen LogP contribution in [0.4, 0.5) is 4.39 Å². The topological polar surface area (TPSA) is 25.2 Å². The van der Waals surface area contributed by atoms with Gasteiger partial charge in [-0.05, 0) is 31.3 Å². The van der Waals surface area contributed by atoms with Gasteiger partial charge in [0.15, 0.2) is 0 Å². The van der Waals surface area contributed by atoms with Crippen LogP contribution in [0.3, 0.4) is 0 Å². The molecule has 108 valence electrons. The number of fused-ring (bicyclic) bond motifs is 1. The SMILES string of the molecule is CNC(CSc1ccccc1F)c1cc2ccccc2o1. The van der Waals surface area contributed by atoms with Crippen molar-refractivity contribution in [3.8, 4) is 0 Å². The predicted octanol–water partition coefficient (Wildman–Crippen LogP) is 4.62. The van der Waals surface area contributed by atoms with Gasteiger partial charge in [-0.3, -0.25) is 0 Å². The molecule has 0 fully saturated rings. The zero-order chi connectivity index (χ0) is 14.7. The van der Waals surface area contributed by atoms with Crippen molar-refractivity contribution in [2.24, 2.45) is 0 Å². The molecule has 0 radical (unpaired) electrons. The van der Waals surface area contributed by atoms with Crippen molar-refractivity contribution < 1.29 is 8.81 Å². The number of rotatable bonds is 5. The molecule has 0 spiro atoms. The monoisotopic (exact) mass is 301 g/mol. The van der Waals surface area contributed by atoms with E-state index in [1.54, 1.807) is 12.1 Å². The van der Waals surface area contributed by atoms with E-state index in [2.05, 4.69) is 5.32 Å². The lowest BCUT2D eigenvalue weighted by atomic mass is 10.2. The maximum absolute atomic E-state index is 13.6. The van der Waals surface area contributed by atoms with E-state index in [0.717, 1.165) is 16.7 Å². The molecule has 3 aromatic rings. The van der Waals surface area contributed by atoms with Gasteiger partial charge in [-0.2, -0.15) is 0 Å². The molecule has 0 bridgehead atoms. The third kappa shape index (κ3) is 3.12. The Morgan fingerprint density at radius 3 is 2.67 bits per heavy atom. The van der Waals surface area contributed by atoms with Crippen LogP contribution in [-0.4, -0.2) is 12.8 Å². The summed E-state index contributed by atoms with van der Waals surface area (Å²) in [5, 5.41) is 4.32. The van der Waals surface area contributed by atoms with Crippen LogP contribution in [0.15, 0.2) is 63.9 Å². The van der Waals surface area contributed by atoms with E-state index in [-0.39, 0.29) is 11.9 Å². The molecule has 0 aliphatic rings. The molecule has 0 saturated heterocycles. The molecular weight excluding hydrogens is 285 g/mol. The highest BCUT2D eigenvalue weighted by molar-refractivity contribution is 7.99. The van der Waals surface area contributed by atoms with Gasteiger partial charge >= 0.3 is 0 Å². The Balaban J connectivity index is 1.77. The van der Waals surface area contributed by atoms with E-state index >= 15 is 0 Å². The number of nitrogens with one attached hydrogen (secondary N) is 1. The zero-order valence-corrected chi connectivity index (χ0v) is 12.5. The molecule has 2 nitrogen and oxygen atoms in total. The summed E-state index contributed by atoms with van der Waals surface area (Å²) >= 11 is 1.49. The number of benzene rings is 2. The maximum Gasteiger partial charge on any atom is 0.136 e. The van der Waals surface area contributed by atoms with Gasteiger partial charge in [0, 0.05) is 16.0 Å². The third-order valence-corrected chi connectivity index (χ3v) is 4.52. The lowest BCUT2D eigenvalue weighted by Crippen LogP contribution is -2.18. The molecule has 0 amide bonds. The predicted molar refractivity (Wildman–Crippen MR) is 85.1 cm³/mol. The Labute approximate surface area is 127 Å². The van der Waals surface area contributed by atoms with Crippen molar-refractivity contribution >= 4 is 22.7 Å². The normalized spacial score (nSPS) is 12.7. The minimum absolute atomic E-state index is 0.0435. The molecule has 0 saturated carbocycles. The molecular formula is C17H16FNOS. The van der Waals surface area contributed by atoms with E-state index in [0.29, 0.717) is 10.6 Å². The Morgan fingerprint density at radius 1 is 1.14 bits per heavy atom. The van der Waals surface area contributed by atoms with Crippen molar-refractivity contribution in [1.82, 2.24) is 5.32 Å². The van der Waals surface area contributed by atoms with Crippen molar-refractivity contribution in [1.29, 1.82) is 0 Å². The number of hydrogen-bond acceptors (Lipinski definition) is 3. The first kappa shape index (κ1) is 14.2. The van der Waals surface area contributed by atoms with E-state index in [1.807, 2.05) is 43.4 Å². The quantitative estimate of drug-likeness (QED) is 0.696. The van der Waals surface area contributed by atoms with E-state index in [1.165, 1.54) is 17.8 Å². The van der Waals surface area contributed by atoms with Gasteiger partial charge in [-0.1, -0.05) is 30.3 Å². The molecule has 1 unspecified atom stereocenters. The lowest BCUT2D eigenvalue weighted by molar-refractivity contribution is 0.479. The molecule has 21 heavy (non-hydrogen) atoms. The van der Waals surface area contributed by atoms with Crippen LogP contribution >= 0.6 is 11.8 Å². The number of thioether (sulfide) groups is 1. The Kier molecular flexibility index (Phi) is 4.27. The fraction of sp³-hybridized carbons (Fsp3) is 0.176. The number of furan rings is 1. The summed E-state index contributed by atoms with van der Waals surface area (Å²) in [6.07, 6.45) is 0. The van der Waals surface area contributed by atoms with Crippen LogP contribution in [0.2, 0.25) is 0 Å². The summed E-state index contributed by atoms with van der Waals surface area (Å²) in [7, 11) is 1.89. The largest absolute Gasteiger partial charge is 0.459 e. The van der Waals surface area contributed by atoms with Crippen LogP contribution in [0.25, 0.3) is 11.0 Å². The standard InChI is InChI=1S/C17H16FNOS/c1-19-14(11-21-17-9-5-3-7-13(17)18)16-10-12-6-2-4-8-15(12)20-16/h2-10,14,19H,11H2,1H3. The Hall–Kier alpha value is -1.78. The number of para-hydroxylation sites is 1. The second-order valence-corrected chi connectivity index (χ2v) is 5.83. The van der Waals surface area contributed by atoms with Gasteiger partial charge in [-0.15, -0.1) is 11.8 Å². The molecule has 0 aliphatic carbocycles. The van der Waals surface area contributed by atoms with Crippen LogP contribution < -0.4 is 5.32 Å². The molecule has 1 aromatic heterocycles. The highest BCUT2D eigenvalue weighted by Crippen LogP contribution is 2.29. The average molecular weight is 301 g/mol. The average Bonchev–Trinajstić information content (AvgIpc) is 2.93. The van der Waals surface area contributed by atoms with E-state index in [4.69, 9.17) is 4.42 Å². The first-order valence-corrected chi connectivity index (χ1v) is 7.79. The third-order valence-electron chi connectivity index (χ3n) is 3.38. The molecule has 1 heterocycles. The maximum atomic E-state index is 13.6. The van der Waals surface area contributed by atoms with Crippen LogP contribution in [0.5, 0.6) is 0 Å². The summed E-state index contributed by atoms with van der Waals surface area (Å²) in [4.78, 5) is 0.661. The van der Waals surface area contributed by atoms with Crippen LogP contribution in [-0.2, 0) is 0 Å². The van der Waals surface area contributed by atoms with Gasteiger partial charge < -0.3 is 9.73 Å². The van der Waals surface area contributed by atoms with Gasteiger partial charge in [0.1, 0.15) is 17.2 Å². The molecule has 1 N–H and O–H groups in total. The Morgan fingerprint density at radius 2 is 1.90 bits per heavy atom. The van der Waals surface area contributed by atoms with Gasteiger partial charge in [0.2, 0.25) is 0 Å². The fourth-order valence-corrected chi connectivity index (χ4v) is 3.27. The highest BCUT2D eigenvalue weighted by Gasteiger charge is 2.15. The summed E-state index contributed by atoms with van der Waals surface area (Å²) in [6.45, 7) is 0.